The summed E-state index contributed by atoms with van der Waals surface area (Å²) in [6.45, 7) is 12.0. The Balaban J connectivity index is 0.00000576. The van der Waals surface area contributed by atoms with Crippen molar-refractivity contribution in [1.29, 1.82) is 0 Å². The molecule has 0 aliphatic heterocycles. The van der Waals surface area contributed by atoms with Crippen LogP contribution >= 0.6 is 24.0 Å². The van der Waals surface area contributed by atoms with Crippen molar-refractivity contribution in [3.63, 3.8) is 0 Å². The number of nitrogens with zero attached hydrogens (tertiary/aromatic N) is 4. The highest BCUT2D eigenvalue weighted by atomic mass is 127. The van der Waals surface area contributed by atoms with Crippen molar-refractivity contribution in [2.24, 2.45) is 17.5 Å². The molecule has 3 N–H and O–H groups in total. The molecule has 0 spiro atoms. The number of aliphatic hydroxyl groups excluding tert-OH is 1. The average Bonchev–Trinajstić information content (AvgIpc) is 2.92. The minimum atomic E-state index is 0. The second-order valence-electron chi connectivity index (χ2n) is 6.09. The first kappa shape index (κ1) is 23.8. The molecule has 0 unspecified atom stereocenters. The molecule has 0 saturated heterocycles. The summed E-state index contributed by atoms with van der Waals surface area (Å²) in [6, 6.07) is 0. The fourth-order valence-electron chi connectivity index (χ4n) is 2.53. The van der Waals surface area contributed by atoms with Crippen LogP contribution in [0, 0.1) is 12.3 Å². The number of aromatic nitrogens is 3. The van der Waals surface area contributed by atoms with Gasteiger partial charge in [-0.25, -0.2) is 4.99 Å². The first-order chi connectivity index (χ1) is 11.5. The van der Waals surface area contributed by atoms with Crippen molar-refractivity contribution in [2.75, 3.05) is 19.7 Å². The average molecular weight is 464 g/mol. The van der Waals surface area contributed by atoms with E-state index in [1.807, 2.05) is 18.5 Å². The highest BCUT2D eigenvalue weighted by Gasteiger charge is 2.25. The largest absolute Gasteiger partial charge is 0.396 e. The highest BCUT2D eigenvalue weighted by molar-refractivity contribution is 14.0. The summed E-state index contributed by atoms with van der Waals surface area (Å²) in [5.74, 6) is 2.41. The molecule has 0 aliphatic rings. The maximum absolute atomic E-state index is 9.35. The van der Waals surface area contributed by atoms with Crippen LogP contribution in [0.15, 0.2) is 17.6 Å². The fraction of sp³-hybridized carbons (Fsp3) is 0.706. The molecule has 8 heteroatoms. The lowest BCUT2D eigenvalue weighted by Gasteiger charge is -2.32. The summed E-state index contributed by atoms with van der Waals surface area (Å²) in [5.41, 5.74) is 0.0761. The SMILES string of the molecule is C=CCNC(=NCc1nnc(C)n1C)NCC(CC)(CC)CCO.I. The van der Waals surface area contributed by atoms with Gasteiger partial charge in [0.25, 0.3) is 0 Å². The molecule has 1 aromatic rings. The molecule has 0 fully saturated rings. The molecule has 0 bridgehead atoms. The van der Waals surface area contributed by atoms with Crippen LogP contribution in [0.3, 0.4) is 0 Å². The zero-order chi connectivity index (χ0) is 18.0. The third-order valence-electron chi connectivity index (χ3n) is 4.75. The molecule has 0 saturated carbocycles. The Morgan fingerprint density at radius 1 is 1.32 bits per heavy atom. The lowest BCUT2D eigenvalue weighted by molar-refractivity contribution is 0.169. The number of hydrogen-bond acceptors (Lipinski definition) is 4. The molecular formula is C17H33IN6O. The number of hydrogen-bond donors (Lipinski definition) is 3. The van der Waals surface area contributed by atoms with E-state index in [0.29, 0.717) is 13.1 Å². The first-order valence-electron chi connectivity index (χ1n) is 8.60. The molecule has 1 rings (SSSR count). The van der Waals surface area contributed by atoms with Crippen LogP contribution < -0.4 is 10.6 Å². The topological polar surface area (TPSA) is 87.4 Å². The van der Waals surface area contributed by atoms with Crippen LogP contribution in [0.5, 0.6) is 0 Å². The van der Waals surface area contributed by atoms with E-state index in [1.165, 1.54) is 0 Å². The number of nitrogens with one attached hydrogen (secondary N) is 2. The molecule has 25 heavy (non-hydrogen) atoms. The number of aliphatic imine (C=N–C) groups is 1. The number of guanidine groups is 1. The molecule has 0 radical (unpaired) electrons. The molecule has 7 nitrogen and oxygen atoms in total. The van der Waals surface area contributed by atoms with Crippen LogP contribution in [0.25, 0.3) is 0 Å². The van der Waals surface area contributed by atoms with Gasteiger partial charge in [0.15, 0.2) is 11.8 Å². The van der Waals surface area contributed by atoms with E-state index >= 15 is 0 Å². The minimum absolute atomic E-state index is 0. The van der Waals surface area contributed by atoms with E-state index < -0.39 is 0 Å². The van der Waals surface area contributed by atoms with Crippen LogP contribution in [-0.2, 0) is 13.6 Å². The van der Waals surface area contributed by atoms with E-state index in [4.69, 9.17) is 0 Å². The number of rotatable bonds is 10. The Bertz CT molecular complexity index is 539. The molecule has 0 atom stereocenters. The zero-order valence-corrected chi connectivity index (χ0v) is 18.2. The van der Waals surface area contributed by atoms with Gasteiger partial charge in [-0.1, -0.05) is 19.9 Å². The molecule has 1 heterocycles. The number of aliphatic hydroxyl groups is 1. The van der Waals surface area contributed by atoms with Crippen molar-refractivity contribution in [2.45, 2.75) is 46.6 Å². The van der Waals surface area contributed by atoms with Gasteiger partial charge in [0.05, 0.1) is 0 Å². The van der Waals surface area contributed by atoms with Crippen molar-refractivity contribution in [1.82, 2.24) is 25.4 Å². The Labute approximate surface area is 168 Å². The number of aryl methyl sites for hydroxylation is 1. The zero-order valence-electron chi connectivity index (χ0n) is 15.9. The second kappa shape index (κ2) is 12.2. The van der Waals surface area contributed by atoms with Crippen molar-refractivity contribution >= 4 is 29.9 Å². The first-order valence-corrected chi connectivity index (χ1v) is 8.60. The molecule has 1 aromatic heterocycles. The van der Waals surface area contributed by atoms with Gasteiger partial charge < -0.3 is 20.3 Å². The lowest BCUT2D eigenvalue weighted by Crippen LogP contribution is -2.44. The Hall–Kier alpha value is -1.16. The van der Waals surface area contributed by atoms with E-state index in [1.54, 1.807) is 6.08 Å². The van der Waals surface area contributed by atoms with Crippen LogP contribution in [-0.4, -0.2) is 45.5 Å². The van der Waals surface area contributed by atoms with E-state index in [0.717, 1.165) is 43.4 Å². The summed E-state index contributed by atoms with van der Waals surface area (Å²) in [7, 11) is 1.94. The summed E-state index contributed by atoms with van der Waals surface area (Å²) in [4.78, 5) is 4.60. The fourth-order valence-corrected chi connectivity index (χ4v) is 2.53. The van der Waals surface area contributed by atoms with Crippen molar-refractivity contribution < 1.29 is 5.11 Å². The van der Waals surface area contributed by atoms with E-state index in [2.05, 4.69) is 46.2 Å². The van der Waals surface area contributed by atoms with Crippen LogP contribution in [0.2, 0.25) is 0 Å². The van der Waals surface area contributed by atoms with E-state index in [9.17, 15) is 5.11 Å². The summed E-state index contributed by atoms with van der Waals surface area (Å²) in [5, 5.41) is 24.2. The van der Waals surface area contributed by atoms with Gasteiger partial charge in [0.2, 0.25) is 0 Å². The van der Waals surface area contributed by atoms with Gasteiger partial charge in [-0.05, 0) is 31.6 Å². The third-order valence-corrected chi connectivity index (χ3v) is 4.75. The van der Waals surface area contributed by atoms with Gasteiger partial charge in [-0.15, -0.1) is 40.8 Å². The predicted molar refractivity (Wildman–Crippen MR) is 113 cm³/mol. The van der Waals surface area contributed by atoms with Gasteiger partial charge >= 0.3 is 0 Å². The third kappa shape index (κ3) is 7.31. The normalized spacial score (nSPS) is 11.8. The monoisotopic (exact) mass is 464 g/mol. The molecule has 0 amide bonds. The summed E-state index contributed by atoms with van der Waals surface area (Å²) in [6.07, 6.45) is 4.59. The van der Waals surface area contributed by atoms with Gasteiger partial charge in [0.1, 0.15) is 12.4 Å². The van der Waals surface area contributed by atoms with Gasteiger partial charge in [0, 0.05) is 26.7 Å². The van der Waals surface area contributed by atoms with Gasteiger partial charge in [-0.3, -0.25) is 0 Å². The van der Waals surface area contributed by atoms with Gasteiger partial charge in [-0.2, -0.15) is 0 Å². The minimum Gasteiger partial charge on any atom is -0.396 e. The predicted octanol–water partition coefficient (Wildman–Crippen LogP) is 2.15. The smallest absolute Gasteiger partial charge is 0.191 e. The highest BCUT2D eigenvalue weighted by Crippen LogP contribution is 2.29. The maximum atomic E-state index is 9.35. The van der Waals surface area contributed by atoms with Crippen LogP contribution in [0.4, 0.5) is 0 Å². The molecule has 0 aromatic carbocycles. The second-order valence-corrected chi connectivity index (χ2v) is 6.09. The van der Waals surface area contributed by atoms with Crippen molar-refractivity contribution in [3.8, 4) is 0 Å². The van der Waals surface area contributed by atoms with E-state index in [-0.39, 0.29) is 36.0 Å². The Kier molecular flexibility index (Phi) is 11.7. The Morgan fingerprint density at radius 2 is 2.00 bits per heavy atom. The molecule has 0 aliphatic carbocycles. The quantitative estimate of drug-likeness (QED) is 0.214. The Morgan fingerprint density at radius 3 is 2.48 bits per heavy atom. The molecule has 144 valence electrons. The summed E-state index contributed by atoms with van der Waals surface area (Å²) >= 11 is 0. The van der Waals surface area contributed by atoms with Crippen LogP contribution in [0.1, 0.15) is 44.8 Å². The molecular weight excluding hydrogens is 431 g/mol. The van der Waals surface area contributed by atoms with Crippen molar-refractivity contribution in [3.05, 3.63) is 24.3 Å². The lowest BCUT2D eigenvalue weighted by atomic mass is 9.79. The summed E-state index contributed by atoms with van der Waals surface area (Å²) < 4.78 is 1.93. The number of halogens is 1. The standard InChI is InChI=1S/C17H32N6O.HI/c1-6-10-18-16(19-12-15-22-21-14(4)23(15)5)20-13-17(7-2,8-3)9-11-24;/h6,24H,1,7-13H2,2-5H3,(H2,18,19,20);1H. The maximum Gasteiger partial charge on any atom is 0.191 e.